The molecule has 0 bridgehead atoms. The Morgan fingerprint density at radius 1 is 0.967 bits per heavy atom. The predicted molar refractivity (Wildman–Crippen MR) is 120 cm³/mol. The van der Waals surface area contributed by atoms with Crippen LogP contribution in [-0.4, -0.2) is 24.3 Å². The maximum atomic E-state index is 13.8. The minimum atomic E-state index is -3.70. The summed E-state index contributed by atoms with van der Waals surface area (Å²) in [5, 5.41) is 1.78. The summed E-state index contributed by atoms with van der Waals surface area (Å²) < 4.78 is 29.2. The molecule has 0 saturated heterocycles. The van der Waals surface area contributed by atoms with Crippen molar-refractivity contribution in [1.82, 2.24) is 9.29 Å². The lowest BCUT2D eigenvalue weighted by atomic mass is 9.94. The Kier molecular flexibility index (Phi) is 4.69. The summed E-state index contributed by atoms with van der Waals surface area (Å²) in [4.78, 5) is 3.86. The zero-order chi connectivity index (χ0) is 20.9. The summed E-state index contributed by atoms with van der Waals surface area (Å²) in [7, 11) is -3.70. The van der Waals surface area contributed by atoms with Gasteiger partial charge in [-0.1, -0.05) is 60.1 Å². The summed E-state index contributed by atoms with van der Waals surface area (Å²) in [6, 6.07) is 22.3. The van der Waals surface area contributed by atoms with Gasteiger partial charge in [0.05, 0.1) is 10.9 Å². The number of benzene rings is 3. The fourth-order valence-corrected chi connectivity index (χ4v) is 6.37. The molecule has 6 heteroatoms. The Balaban J connectivity index is 1.73. The fourth-order valence-electron chi connectivity index (χ4n) is 4.43. The zero-order valence-corrected chi connectivity index (χ0v) is 18.0. The van der Waals surface area contributed by atoms with Gasteiger partial charge in [0.2, 0.25) is 10.0 Å². The molecular formula is C24H21ClN2O2S. The van der Waals surface area contributed by atoms with Gasteiger partial charge in [-0.25, -0.2) is 8.42 Å². The quantitative estimate of drug-likeness (QED) is 0.463. The number of aromatic amines is 1. The molecule has 0 aliphatic carbocycles. The molecule has 4 nitrogen and oxygen atoms in total. The lowest BCUT2D eigenvalue weighted by Crippen LogP contribution is -2.40. The number of hydrogen-bond acceptors (Lipinski definition) is 2. The van der Waals surface area contributed by atoms with Gasteiger partial charge < -0.3 is 4.98 Å². The molecule has 1 aliphatic heterocycles. The average molecular weight is 437 g/mol. The summed E-state index contributed by atoms with van der Waals surface area (Å²) >= 11 is 6.12. The molecule has 1 aromatic heterocycles. The smallest absolute Gasteiger partial charge is 0.244 e. The van der Waals surface area contributed by atoms with Crippen LogP contribution in [0.15, 0.2) is 77.7 Å². The van der Waals surface area contributed by atoms with E-state index in [1.165, 1.54) is 5.56 Å². The highest BCUT2D eigenvalue weighted by Crippen LogP contribution is 2.41. The number of fused-ring (bicyclic) bond motifs is 3. The van der Waals surface area contributed by atoms with Gasteiger partial charge in [-0.3, -0.25) is 0 Å². The van der Waals surface area contributed by atoms with Crippen LogP contribution in [-0.2, 0) is 16.4 Å². The Morgan fingerprint density at radius 3 is 2.43 bits per heavy atom. The first kappa shape index (κ1) is 19.4. The molecular weight excluding hydrogens is 416 g/mol. The van der Waals surface area contributed by atoms with Crippen LogP contribution in [0.25, 0.3) is 10.9 Å². The molecule has 2 heterocycles. The van der Waals surface area contributed by atoms with E-state index in [2.05, 4.69) is 11.1 Å². The van der Waals surface area contributed by atoms with E-state index >= 15 is 0 Å². The molecule has 152 valence electrons. The molecule has 0 fully saturated rings. The van der Waals surface area contributed by atoms with Crippen LogP contribution in [0.5, 0.6) is 0 Å². The van der Waals surface area contributed by atoms with Gasteiger partial charge in [0, 0.05) is 28.2 Å². The monoisotopic (exact) mass is 436 g/mol. The zero-order valence-electron chi connectivity index (χ0n) is 16.5. The van der Waals surface area contributed by atoms with E-state index in [0.29, 0.717) is 22.9 Å². The van der Waals surface area contributed by atoms with Crippen molar-refractivity contribution in [3.05, 3.63) is 100 Å². The number of H-pyrrole nitrogens is 1. The van der Waals surface area contributed by atoms with Crippen LogP contribution in [0.4, 0.5) is 0 Å². The van der Waals surface area contributed by atoms with Crippen LogP contribution in [0, 0.1) is 6.92 Å². The molecule has 1 atom stereocenters. The average Bonchev–Trinajstić information content (AvgIpc) is 3.13. The SMILES string of the molecule is Cc1ccccc1S(=O)(=O)N1CCc2c([nH]c3ccccc23)[C@@H]1c1ccc(Cl)cc1. The third kappa shape index (κ3) is 3.05. The Morgan fingerprint density at radius 2 is 1.67 bits per heavy atom. The van der Waals surface area contributed by atoms with Gasteiger partial charge >= 0.3 is 0 Å². The third-order valence-electron chi connectivity index (χ3n) is 5.86. The normalized spacial score (nSPS) is 17.2. The van der Waals surface area contributed by atoms with Crippen LogP contribution in [0.1, 0.15) is 28.4 Å². The summed E-state index contributed by atoms with van der Waals surface area (Å²) in [6.07, 6.45) is 0.661. The number of aromatic nitrogens is 1. The first-order chi connectivity index (χ1) is 14.5. The highest BCUT2D eigenvalue weighted by Gasteiger charge is 2.39. The standard InChI is InChI=1S/C24H21ClN2O2S/c1-16-6-2-5-9-22(16)30(28,29)27-15-14-20-19-7-3-4-8-21(19)26-23(20)24(27)17-10-12-18(25)13-11-17/h2-13,24,26H,14-15H2,1H3/t24-/m0/s1. The number of halogens is 1. The van der Waals surface area contributed by atoms with E-state index in [1.807, 2.05) is 61.5 Å². The van der Waals surface area contributed by atoms with Crippen molar-refractivity contribution in [2.24, 2.45) is 0 Å². The number of para-hydroxylation sites is 1. The molecule has 0 amide bonds. The van der Waals surface area contributed by atoms with Crippen molar-refractivity contribution in [2.45, 2.75) is 24.3 Å². The van der Waals surface area contributed by atoms with Gasteiger partial charge in [-0.2, -0.15) is 4.31 Å². The molecule has 5 rings (SSSR count). The van der Waals surface area contributed by atoms with Crippen molar-refractivity contribution in [1.29, 1.82) is 0 Å². The van der Waals surface area contributed by atoms with Gasteiger partial charge in [-0.15, -0.1) is 0 Å². The summed E-state index contributed by atoms with van der Waals surface area (Å²) in [5.41, 5.74) is 4.78. The molecule has 1 aliphatic rings. The molecule has 0 spiro atoms. The number of nitrogens with one attached hydrogen (secondary N) is 1. The van der Waals surface area contributed by atoms with Crippen LogP contribution >= 0.6 is 11.6 Å². The minimum Gasteiger partial charge on any atom is -0.357 e. The van der Waals surface area contributed by atoms with Gasteiger partial charge in [0.1, 0.15) is 0 Å². The van der Waals surface area contributed by atoms with Crippen molar-refractivity contribution in [3.63, 3.8) is 0 Å². The topological polar surface area (TPSA) is 53.2 Å². The summed E-state index contributed by atoms with van der Waals surface area (Å²) in [5.74, 6) is 0. The van der Waals surface area contributed by atoms with E-state index < -0.39 is 16.1 Å². The predicted octanol–water partition coefficient (Wildman–Crippen LogP) is 5.47. The minimum absolute atomic E-state index is 0.350. The highest BCUT2D eigenvalue weighted by atomic mass is 35.5. The fraction of sp³-hybridized carbons (Fsp3) is 0.167. The Bertz CT molecular complexity index is 1340. The molecule has 30 heavy (non-hydrogen) atoms. The van der Waals surface area contributed by atoms with E-state index in [-0.39, 0.29) is 0 Å². The maximum Gasteiger partial charge on any atom is 0.244 e. The first-order valence-corrected chi connectivity index (χ1v) is 11.7. The van der Waals surface area contributed by atoms with Gasteiger partial charge in [-0.05, 0) is 54.3 Å². The number of hydrogen-bond donors (Lipinski definition) is 1. The van der Waals surface area contributed by atoms with Crippen LogP contribution in [0.2, 0.25) is 5.02 Å². The number of nitrogens with zero attached hydrogens (tertiary/aromatic N) is 1. The lowest BCUT2D eigenvalue weighted by Gasteiger charge is -2.35. The van der Waals surface area contributed by atoms with Crippen molar-refractivity contribution >= 4 is 32.5 Å². The second-order valence-electron chi connectivity index (χ2n) is 7.65. The first-order valence-electron chi connectivity index (χ1n) is 9.89. The maximum absolute atomic E-state index is 13.8. The lowest BCUT2D eigenvalue weighted by molar-refractivity contribution is 0.340. The highest BCUT2D eigenvalue weighted by molar-refractivity contribution is 7.89. The second kappa shape index (κ2) is 7.27. The molecule has 0 unspecified atom stereocenters. The molecule has 0 radical (unpaired) electrons. The van der Waals surface area contributed by atoms with E-state index in [4.69, 9.17) is 11.6 Å². The third-order valence-corrected chi connectivity index (χ3v) is 8.13. The number of aryl methyl sites for hydroxylation is 1. The van der Waals surface area contributed by atoms with Crippen molar-refractivity contribution in [2.75, 3.05) is 6.54 Å². The van der Waals surface area contributed by atoms with E-state index in [0.717, 1.165) is 27.7 Å². The molecule has 0 saturated carbocycles. The molecule has 4 aromatic rings. The van der Waals surface area contributed by atoms with Crippen molar-refractivity contribution < 1.29 is 8.42 Å². The van der Waals surface area contributed by atoms with Gasteiger partial charge in [0.15, 0.2) is 0 Å². The van der Waals surface area contributed by atoms with E-state index in [1.54, 1.807) is 16.4 Å². The molecule has 3 aromatic carbocycles. The largest absolute Gasteiger partial charge is 0.357 e. The van der Waals surface area contributed by atoms with Crippen molar-refractivity contribution in [3.8, 4) is 0 Å². The Hall–Kier alpha value is -2.60. The van der Waals surface area contributed by atoms with E-state index in [9.17, 15) is 8.42 Å². The van der Waals surface area contributed by atoms with Gasteiger partial charge in [0.25, 0.3) is 0 Å². The Labute approximate surface area is 181 Å². The number of rotatable bonds is 3. The van der Waals surface area contributed by atoms with Crippen LogP contribution in [0.3, 0.4) is 0 Å². The second-order valence-corrected chi connectivity index (χ2v) is 9.94. The number of sulfonamides is 1. The summed E-state index contributed by atoms with van der Waals surface area (Å²) in [6.45, 7) is 2.25. The van der Waals surface area contributed by atoms with Crippen LogP contribution < -0.4 is 0 Å². The molecule has 1 N–H and O–H groups in total.